The summed E-state index contributed by atoms with van der Waals surface area (Å²) < 4.78 is 78.8. The third-order valence-electron chi connectivity index (χ3n) is 5.01. The summed E-state index contributed by atoms with van der Waals surface area (Å²) in [6.45, 7) is 1.24. The van der Waals surface area contributed by atoms with Crippen molar-refractivity contribution in [1.29, 1.82) is 0 Å². The minimum atomic E-state index is -4.67. The van der Waals surface area contributed by atoms with Gasteiger partial charge < -0.3 is 9.26 Å². The highest BCUT2D eigenvalue weighted by Gasteiger charge is 2.50. The van der Waals surface area contributed by atoms with Crippen LogP contribution in [-0.2, 0) is 23.9 Å². The standard InChI is InChI=1S/C20H16F5N3O3/c1-11-16-14(28(26-11)10-13-9-15(27-31-13)20(23,24)25)7-8-19(21,22)17(16)30-18(29)12-5-3-2-4-6-12/h2-6,9,17H,7-8,10H2,1H3/t17-/m0/s1. The van der Waals surface area contributed by atoms with Crippen LogP contribution in [0.3, 0.4) is 0 Å². The molecule has 0 amide bonds. The highest BCUT2D eigenvalue weighted by Crippen LogP contribution is 2.45. The molecule has 0 unspecified atom stereocenters. The van der Waals surface area contributed by atoms with Gasteiger partial charge in [0, 0.05) is 23.7 Å². The van der Waals surface area contributed by atoms with E-state index in [0.717, 1.165) is 6.07 Å². The van der Waals surface area contributed by atoms with Crippen LogP contribution in [0.15, 0.2) is 40.9 Å². The normalized spacial score (nSPS) is 17.9. The van der Waals surface area contributed by atoms with E-state index in [1.165, 1.54) is 23.7 Å². The van der Waals surface area contributed by atoms with Crippen LogP contribution in [0, 0.1) is 6.92 Å². The first kappa shape index (κ1) is 21.0. The molecule has 0 radical (unpaired) electrons. The fourth-order valence-corrected chi connectivity index (χ4v) is 3.57. The molecular formula is C20H16F5N3O3. The van der Waals surface area contributed by atoms with E-state index in [-0.39, 0.29) is 35.5 Å². The van der Waals surface area contributed by atoms with Gasteiger partial charge in [-0.2, -0.15) is 18.3 Å². The van der Waals surface area contributed by atoms with Gasteiger partial charge in [0.1, 0.15) is 6.54 Å². The molecule has 1 aromatic carbocycles. The molecule has 6 nitrogen and oxygen atoms in total. The van der Waals surface area contributed by atoms with Crippen LogP contribution in [0.4, 0.5) is 22.0 Å². The van der Waals surface area contributed by atoms with Crippen LogP contribution in [0.1, 0.15) is 51.3 Å². The molecule has 164 valence electrons. The van der Waals surface area contributed by atoms with E-state index in [9.17, 15) is 26.7 Å². The number of ether oxygens (including phenoxy) is 1. The number of hydrogen-bond donors (Lipinski definition) is 0. The quantitative estimate of drug-likeness (QED) is 0.433. The molecule has 0 spiro atoms. The lowest BCUT2D eigenvalue weighted by molar-refractivity contribution is -0.142. The number of carbonyl (C=O) groups excluding carboxylic acids is 1. The molecule has 0 saturated heterocycles. The van der Waals surface area contributed by atoms with Crippen LogP contribution < -0.4 is 0 Å². The van der Waals surface area contributed by atoms with Crippen LogP contribution in [-0.4, -0.2) is 26.8 Å². The summed E-state index contributed by atoms with van der Waals surface area (Å²) in [5.41, 5.74) is -0.482. The van der Waals surface area contributed by atoms with Crippen LogP contribution >= 0.6 is 0 Å². The Bertz CT molecular complexity index is 1110. The molecule has 1 aliphatic rings. The van der Waals surface area contributed by atoms with Crippen molar-refractivity contribution in [3.05, 3.63) is 70.4 Å². The number of halogens is 5. The van der Waals surface area contributed by atoms with Gasteiger partial charge in [-0.1, -0.05) is 23.4 Å². The summed E-state index contributed by atoms with van der Waals surface area (Å²) in [5.74, 6) is -4.37. The zero-order valence-electron chi connectivity index (χ0n) is 16.1. The van der Waals surface area contributed by atoms with Gasteiger partial charge in [-0.3, -0.25) is 4.68 Å². The Hall–Kier alpha value is -3.24. The van der Waals surface area contributed by atoms with Crippen LogP contribution in [0.25, 0.3) is 0 Å². The number of hydrogen-bond acceptors (Lipinski definition) is 5. The Balaban J connectivity index is 1.65. The van der Waals surface area contributed by atoms with Gasteiger partial charge in [0.25, 0.3) is 5.92 Å². The molecule has 0 aliphatic heterocycles. The monoisotopic (exact) mass is 441 g/mol. The second kappa shape index (κ2) is 7.47. The maximum Gasteiger partial charge on any atom is 0.436 e. The average molecular weight is 441 g/mol. The van der Waals surface area contributed by atoms with Crippen LogP contribution in [0.2, 0.25) is 0 Å². The molecule has 3 aromatic rings. The van der Waals surface area contributed by atoms with Crippen molar-refractivity contribution in [2.45, 2.75) is 44.5 Å². The Morgan fingerprint density at radius 2 is 2.00 bits per heavy atom. The minimum Gasteiger partial charge on any atom is -0.447 e. The highest BCUT2D eigenvalue weighted by atomic mass is 19.4. The molecule has 1 atom stereocenters. The van der Waals surface area contributed by atoms with Crippen molar-refractivity contribution in [1.82, 2.24) is 14.9 Å². The van der Waals surface area contributed by atoms with E-state index in [1.54, 1.807) is 18.2 Å². The molecule has 0 fully saturated rings. The molecular weight excluding hydrogens is 425 g/mol. The number of aromatic nitrogens is 3. The second-order valence-electron chi connectivity index (χ2n) is 7.19. The first-order valence-electron chi connectivity index (χ1n) is 9.29. The van der Waals surface area contributed by atoms with Gasteiger partial charge in [-0.05, 0) is 25.5 Å². The Kier molecular flexibility index (Phi) is 5.06. The van der Waals surface area contributed by atoms with Crippen molar-refractivity contribution < 1.29 is 36.0 Å². The molecule has 0 saturated carbocycles. The molecule has 31 heavy (non-hydrogen) atoms. The number of esters is 1. The molecule has 0 bridgehead atoms. The molecule has 0 N–H and O–H groups in total. The lowest BCUT2D eigenvalue weighted by Gasteiger charge is -2.31. The number of carbonyl (C=O) groups is 1. The zero-order chi connectivity index (χ0) is 22.4. The van der Waals surface area contributed by atoms with Gasteiger partial charge in [-0.15, -0.1) is 0 Å². The van der Waals surface area contributed by atoms with E-state index in [0.29, 0.717) is 5.69 Å². The largest absolute Gasteiger partial charge is 0.447 e. The number of aryl methyl sites for hydroxylation is 1. The summed E-state index contributed by atoms with van der Waals surface area (Å²) >= 11 is 0. The summed E-state index contributed by atoms with van der Waals surface area (Å²) in [7, 11) is 0. The maximum absolute atomic E-state index is 14.7. The Labute approximate surface area is 172 Å². The average Bonchev–Trinajstić information content (AvgIpc) is 3.29. The Morgan fingerprint density at radius 3 is 2.65 bits per heavy atom. The van der Waals surface area contributed by atoms with Crippen molar-refractivity contribution in [2.24, 2.45) is 0 Å². The number of fused-ring (bicyclic) bond motifs is 1. The lowest BCUT2D eigenvalue weighted by Crippen LogP contribution is -2.35. The Morgan fingerprint density at radius 1 is 1.29 bits per heavy atom. The number of rotatable bonds is 4. The topological polar surface area (TPSA) is 70.2 Å². The van der Waals surface area contributed by atoms with E-state index >= 15 is 0 Å². The smallest absolute Gasteiger partial charge is 0.436 e. The van der Waals surface area contributed by atoms with Gasteiger partial charge >= 0.3 is 12.1 Å². The summed E-state index contributed by atoms with van der Waals surface area (Å²) in [6.07, 6.45) is -7.23. The second-order valence-corrected chi connectivity index (χ2v) is 7.19. The van der Waals surface area contributed by atoms with E-state index in [1.807, 2.05) is 0 Å². The van der Waals surface area contributed by atoms with E-state index in [4.69, 9.17) is 9.26 Å². The predicted octanol–water partition coefficient (Wildman–Crippen LogP) is 4.73. The minimum absolute atomic E-state index is 0.0519. The zero-order valence-corrected chi connectivity index (χ0v) is 16.1. The summed E-state index contributed by atoms with van der Waals surface area (Å²) in [4.78, 5) is 12.4. The van der Waals surface area contributed by atoms with Crippen molar-refractivity contribution in [3.63, 3.8) is 0 Å². The van der Waals surface area contributed by atoms with Gasteiger partial charge in [0.2, 0.25) is 0 Å². The molecule has 1 aliphatic carbocycles. The molecule has 2 aromatic heterocycles. The highest BCUT2D eigenvalue weighted by molar-refractivity contribution is 5.89. The lowest BCUT2D eigenvalue weighted by atomic mass is 9.89. The van der Waals surface area contributed by atoms with Gasteiger partial charge in [0.15, 0.2) is 17.6 Å². The van der Waals surface area contributed by atoms with Gasteiger partial charge in [-0.25, -0.2) is 13.6 Å². The predicted molar refractivity (Wildman–Crippen MR) is 95.4 cm³/mol. The first-order chi connectivity index (χ1) is 14.6. The molecule has 11 heteroatoms. The summed E-state index contributed by atoms with van der Waals surface area (Å²) in [5, 5.41) is 7.16. The number of alkyl halides is 5. The van der Waals surface area contributed by atoms with E-state index in [2.05, 4.69) is 10.3 Å². The van der Waals surface area contributed by atoms with Crippen LogP contribution in [0.5, 0.6) is 0 Å². The van der Waals surface area contributed by atoms with Crippen molar-refractivity contribution in [3.8, 4) is 0 Å². The first-order valence-corrected chi connectivity index (χ1v) is 9.29. The molecule has 2 heterocycles. The number of benzene rings is 1. The fraction of sp³-hybridized carbons (Fsp3) is 0.350. The van der Waals surface area contributed by atoms with Crippen molar-refractivity contribution >= 4 is 5.97 Å². The van der Waals surface area contributed by atoms with E-state index < -0.39 is 36.3 Å². The molecule has 4 rings (SSSR count). The third kappa shape index (κ3) is 4.04. The summed E-state index contributed by atoms with van der Waals surface area (Å²) in [6, 6.07) is 8.46. The fourth-order valence-electron chi connectivity index (χ4n) is 3.57. The SMILES string of the molecule is Cc1nn(Cc2cc(C(F)(F)F)no2)c2c1[C@H](OC(=O)c1ccccc1)C(F)(F)CC2. The van der Waals surface area contributed by atoms with Gasteiger partial charge in [0.05, 0.1) is 11.3 Å². The maximum atomic E-state index is 14.7. The third-order valence-corrected chi connectivity index (χ3v) is 5.01. The van der Waals surface area contributed by atoms with Crippen molar-refractivity contribution in [2.75, 3.05) is 0 Å². The number of nitrogens with zero attached hydrogens (tertiary/aromatic N) is 3.